The van der Waals surface area contributed by atoms with Crippen molar-refractivity contribution in [2.24, 2.45) is 5.73 Å². The van der Waals surface area contributed by atoms with Crippen molar-refractivity contribution < 1.29 is 4.74 Å². The molecule has 1 aliphatic heterocycles. The second kappa shape index (κ2) is 5.90. The van der Waals surface area contributed by atoms with E-state index in [2.05, 4.69) is 48.7 Å². The monoisotopic (exact) mass is 285 g/mol. The average molecular weight is 285 g/mol. The van der Waals surface area contributed by atoms with Crippen LogP contribution in [-0.2, 0) is 6.42 Å². The normalized spacial score (nSPS) is 15.3. The van der Waals surface area contributed by atoms with E-state index in [0.717, 1.165) is 36.3 Å². The van der Waals surface area contributed by atoms with Gasteiger partial charge in [-0.25, -0.2) is 0 Å². The van der Waals surface area contributed by atoms with E-state index in [-0.39, 0.29) is 6.04 Å². The van der Waals surface area contributed by atoms with Gasteiger partial charge in [0.15, 0.2) is 0 Å². The van der Waals surface area contributed by atoms with Crippen molar-refractivity contribution in [1.82, 2.24) is 0 Å². The Morgan fingerprint density at radius 1 is 1.10 bits per heavy atom. The van der Waals surface area contributed by atoms with Crippen LogP contribution in [0.4, 0.5) is 0 Å². The highest BCUT2D eigenvalue weighted by Gasteiger charge is 2.14. The minimum absolute atomic E-state index is 0.0712. The van der Waals surface area contributed by atoms with Crippen LogP contribution in [-0.4, -0.2) is 12.9 Å². The first kappa shape index (κ1) is 13.5. The van der Waals surface area contributed by atoms with Gasteiger partial charge in [-0.1, -0.05) is 24.3 Å². The van der Waals surface area contributed by atoms with Crippen molar-refractivity contribution in [2.75, 3.05) is 12.9 Å². The average Bonchev–Trinajstić information content (AvgIpc) is 2.54. The predicted octanol–water partition coefficient (Wildman–Crippen LogP) is 3.78. The van der Waals surface area contributed by atoms with Crippen molar-refractivity contribution in [1.29, 1.82) is 0 Å². The third kappa shape index (κ3) is 2.69. The number of ether oxygens (including phenoxy) is 1. The summed E-state index contributed by atoms with van der Waals surface area (Å²) < 4.78 is 5.65. The highest BCUT2D eigenvalue weighted by molar-refractivity contribution is 7.98. The maximum absolute atomic E-state index is 6.39. The Morgan fingerprint density at radius 3 is 2.60 bits per heavy atom. The maximum atomic E-state index is 6.39. The Morgan fingerprint density at radius 2 is 1.85 bits per heavy atom. The van der Waals surface area contributed by atoms with E-state index in [1.165, 1.54) is 10.5 Å². The molecule has 0 saturated heterocycles. The Balaban J connectivity index is 1.87. The largest absolute Gasteiger partial charge is 0.493 e. The molecule has 1 aliphatic rings. The van der Waals surface area contributed by atoms with Crippen molar-refractivity contribution in [3.8, 4) is 5.75 Å². The molecule has 0 bridgehead atoms. The summed E-state index contributed by atoms with van der Waals surface area (Å²) in [4.78, 5) is 1.26. The zero-order chi connectivity index (χ0) is 13.9. The van der Waals surface area contributed by atoms with E-state index in [4.69, 9.17) is 10.5 Å². The zero-order valence-corrected chi connectivity index (χ0v) is 12.5. The van der Waals surface area contributed by atoms with Gasteiger partial charge < -0.3 is 10.5 Å². The van der Waals surface area contributed by atoms with Crippen molar-refractivity contribution in [3.63, 3.8) is 0 Å². The summed E-state index contributed by atoms with van der Waals surface area (Å²) in [6, 6.07) is 14.7. The number of fused-ring (bicyclic) bond motifs is 1. The third-order valence-corrected chi connectivity index (χ3v) is 4.51. The van der Waals surface area contributed by atoms with Crippen molar-refractivity contribution >= 4 is 11.8 Å². The molecule has 0 spiro atoms. The van der Waals surface area contributed by atoms with Crippen LogP contribution in [0.1, 0.15) is 29.2 Å². The molecule has 0 radical (unpaired) electrons. The molecule has 0 amide bonds. The first-order valence-electron chi connectivity index (χ1n) is 6.93. The topological polar surface area (TPSA) is 35.2 Å². The molecule has 2 aromatic carbocycles. The van der Waals surface area contributed by atoms with Gasteiger partial charge in [0.25, 0.3) is 0 Å². The van der Waals surface area contributed by atoms with Gasteiger partial charge in [0.1, 0.15) is 5.75 Å². The molecule has 1 atom stereocenters. The molecule has 0 saturated carbocycles. The molecule has 104 valence electrons. The molecular formula is C17H19NOS. The van der Waals surface area contributed by atoms with Crippen LogP contribution in [0, 0.1) is 0 Å². The summed E-state index contributed by atoms with van der Waals surface area (Å²) in [5.74, 6) is 1.02. The van der Waals surface area contributed by atoms with E-state index in [1.54, 1.807) is 11.8 Å². The minimum atomic E-state index is -0.0712. The first-order valence-corrected chi connectivity index (χ1v) is 8.15. The fourth-order valence-corrected chi connectivity index (χ4v) is 2.99. The van der Waals surface area contributed by atoms with Crippen molar-refractivity contribution in [3.05, 3.63) is 59.2 Å². The molecule has 3 heteroatoms. The summed E-state index contributed by atoms with van der Waals surface area (Å²) in [5, 5.41) is 0. The van der Waals surface area contributed by atoms with Crippen LogP contribution < -0.4 is 10.5 Å². The van der Waals surface area contributed by atoms with E-state index >= 15 is 0 Å². The van der Waals surface area contributed by atoms with E-state index in [1.807, 2.05) is 0 Å². The summed E-state index contributed by atoms with van der Waals surface area (Å²) in [6.07, 6.45) is 4.26. The van der Waals surface area contributed by atoms with Gasteiger partial charge in [-0.15, -0.1) is 11.8 Å². The number of hydrogen-bond donors (Lipinski definition) is 1. The van der Waals surface area contributed by atoms with Crippen molar-refractivity contribution in [2.45, 2.75) is 23.8 Å². The van der Waals surface area contributed by atoms with Crippen LogP contribution >= 0.6 is 11.8 Å². The molecule has 1 heterocycles. The SMILES string of the molecule is CSc1ccc(C(N)c2ccc3c(c2)CCCO3)cc1. The highest BCUT2D eigenvalue weighted by atomic mass is 32.2. The molecule has 20 heavy (non-hydrogen) atoms. The van der Waals surface area contributed by atoms with Crippen LogP contribution in [0.25, 0.3) is 0 Å². The van der Waals surface area contributed by atoms with Gasteiger partial charge >= 0.3 is 0 Å². The number of benzene rings is 2. The maximum Gasteiger partial charge on any atom is 0.122 e. The molecule has 2 nitrogen and oxygen atoms in total. The smallest absolute Gasteiger partial charge is 0.122 e. The molecule has 2 N–H and O–H groups in total. The Kier molecular flexibility index (Phi) is 3.99. The van der Waals surface area contributed by atoms with Gasteiger partial charge in [-0.2, -0.15) is 0 Å². The summed E-state index contributed by atoms with van der Waals surface area (Å²) in [6.45, 7) is 0.828. The predicted molar refractivity (Wildman–Crippen MR) is 84.5 cm³/mol. The van der Waals surface area contributed by atoms with Gasteiger partial charge in [0.2, 0.25) is 0 Å². The van der Waals surface area contributed by atoms with E-state index in [9.17, 15) is 0 Å². The molecule has 3 rings (SSSR count). The summed E-state index contributed by atoms with van der Waals surface area (Å²) in [7, 11) is 0. The summed E-state index contributed by atoms with van der Waals surface area (Å²) >= 11 is 1.75. The third-order valence-electron chi connectivity index (χ3n) is 3.77. The van der Waals surface area contributed by atoms with Gasteiger partial charge in [-0.05, 0) is 54.0 Å². The van der Waals surface area contributed by atoms with Gasteiger partial charge in [0, 0.05) is 4.90 Å². The quantitative estimate of drug-likeness (QED) is 0.872. The lowest BCUT2D eigenvalue weighted by Gasteiger charge is -2.20. The molecule has 0 aromatic heterocycles. The standard InChI is InChI=1S/C17H19NOS/c1-20-15-7-4-12(5-8-15)17(18)14-6-9-16-13(11-14)3-2-10-19-16/h4-9,11,17H,2-3,10,18H2,1H3. The molecule has 0 aliphatic carbocycles. The second-order valence-electron chi connectivity index (χ2n) is 5.07. The fourth-order valence-electron chi connectivity index (χ4n) is 2.58. The summed E-state index contributed by atoms with van der Waals surface area (Å²) in [5.41, 5.74) is 9.99. The number of aryl methyl sites for hydroxylation is 1. The number of thioether (sulfide) groups is 1. The number of hydrogen-bond acceptors (Lipinski definition) is 3. The Hall–Kier alpha value is -1.45. The Labute approximate surface area is 124 Å². The minimum Gasteiger partial charge on any atom is -0.493 e. The highest BCUT2D eigenvalue weighted by Crippen LogP contribution is 2.29. The van der Waals surface area contributed by atoms with Crippen LogP contribution in [0.2, 0.25) is 0 Å². The molecule has 2 aromatic rings. The first-order chi connectivity index (χ1) is 9.78. The van der Waals surface area contributed by atoms with Crippen LogP contribution in [0.15, 0.2) is 47.4 Å². The van der Waals surface area contributed by atoms with Gasteiger partial charge in [0.05, 0.1) is 12.6 Å². The lowest BCUT2D eigenvalue weighted by atomic mass is 9.95. The number of nitrogens with two attached hydrogens (primary N) is 1. The van der Waals surface area contributed by atoms with Gasteiger partial charge in [-0.3, -0.25) is 0 Å². The molecule has 0 fully saturated rings. The van der Waals surface area contributed by atoms with E-state index < -0.39 is 0 Å². The lowest BCUT2D eigenvalue weighted by molar-refractivity contribution is 0.288. The molecular weight excluding hydrogens is 266 g/mol. The second-order valence-corrected chi connectivity index (χ2v) is 5.95. The molecule has 1 unspecified atom stereocenters. The number of rotatable bonds is 3. The van der Waals surface area contributed by atoms with E-state index in [0.29, 0.717) is 0 Å². The van der Waals surface area contributed by atoms with Crippen LogP contribution in [0.3, 0.4) is 0 Å². The zero-order valence-electron chi connectivity index (χ0n) is 11.6. The van der Waals surface area contributed by atoms with Crippen LogP contribution in [0.5, 0.6) is 5.75 Å². The Bertz CT molecular complexity index is 594. The fraction of sp³-hybridized carbons (Fsp3) is 0.294. The lowest BCUT2D eigenvalue weighted by Crippen LogP contribution is -2.14.